The molecule has 0 spiro atoms. The summed E-state index contributed by atoms with van der Waals surface area (Å²) in [5, 5.41) is 13.5. The second-order valence-corrected chi connectivity index (χ2v) is 7.73. The minimum absolute atomic E-state index is 0.00810. The number of aromatic nitrogens is 2. The summed E-state index contributed by atoms with van der Waals surface area (Å²) in [5.74, 6) is 0.318. The lowest BCUT2D eigenvalue weighted by molar-refractivity contribution is -0.120. The molecule has 1 atom stereocenters. The van der Waals surface area contributed by atoms with Crippen LogP contribution in [-0.4, -0.2) is 34.5 Å². The van der Waals surface area contributed by atoms with Crippen LogP contribution in [0.25, 0.3) is 0 Å². The van der Waals surface area contributed by atoms with Crippen LogP contribution in [0.3, 0.4) is 0 Å². The van der Waals surface area contributed by atoms with Crippen molar-refractivity contribution in [2.24, 2.45) is 11.7 Å². The van der Waals surface area contributed by atoms with Crippen LogP contribution in [0.4, 0.5) is 15.6 Å². The molecule has 0 saturated carbocycles. The highest BCUT2D eigenvalue weighted by molar-refractivity contribution is 8.02. The summed E-state index contributed by atoms with van der Waals surface area (Å²) in [5.41, 5.74) is 5.86. The number of benzene rings is 1. The van der Waals surface area contributed by atoms with Gasteiger partial charge in [-0.25, -0.2) is 4.79 Å². The Bertz CT molecular complexity index is 733. The number of hydrogen-bond acceptors (Lipinski definition) is 8. The number of amides is 3. The first-order valence-corrected chi connectivity index (χ1v) is 9.10. The minimum Gasteiger partial charge on any atom is -0.497 e. The molecule has 0 bridgehead atoms. The largest absolute Gasteiger partial charge is 0.497 e. The van der Waals surface area contributed by atoms with Gasteiger partial charge in [0.15, 0.2) is 4.34 Å². The summed E-state index contributed by atoms with van der Waals surface area (Å²) in [4.78, 5) is 22.9. The van der Waals surface area contributed by atoms with Crippen molar-refractivity contribution < 1.29 is 14.3 Å². The SMILES string of the molecule is COc1ccc(Nc2nnc(S[C@@H](C(=O)NC(N)=O)C(C)C)s2)cc1. The molecular formula is C15H19N5O3S2. The van der Waals surface area contributed by atoms with E-state index in [0.29, 0.717) is 9.47 Å². The van der Waals surface area contributed by atoms with Gasteiger partial charge in [-0.05, 0) is 30.2 Å². The molecule has 0 fully saturated rings. The first kappa shape index (κ1) is 19.0. The van der Waals surface area contributed by atoms with E-state index in [2.05, 4.69) is 20.8 Å². The topological polar surface area (TPSA) is 119 Å². The lowest BCUT2D eigenvalue weighted by atomic mass is 10.1. The first-order chi connectivity index (χ1) is 11.9. The van der Waals surface area contributed by atoms with Gasteiger partial charge in [-0.2, -0.15) is 0 Å². The number of methoxy groups -OCH3 is 1. The molecule has 0 aliphatic rings. The molecule has 8 nitrogen and oxygen atoms in total. The normalized spacial score (nSPS) is 11.8. The highest BCUT2D eigenvalue weighted by Crippen LogP contribution is 2.33. The third kappa shape index (κ3) is 5.61. The van der Waals surface area contributed by atoms with E-state index in [0.717, 1.165) is 11.4 Å². The van der Waals surface area contributed by atoms with Gasteiger partial charge in [0.05, 0.1) is 12.4 Å². The molecule has 0 aliphatic carbocycles. The Hall–Kier alpha value is -2.33. The minimum atomic E-state index is -0.865. The van der Waals surface area contributed by atoms with Crippen LogP contribution in [-0.2, 0) is 4.79 Å². The molecule has 25 heavy (non-hydrogen) atoms. The van der Waals surface area contributed by atoms with Crippen molar-refractivity contribution in [1.29, 1.82) is 0 Å². The number of urea groups is 1. The van der Waals surface area contributed by atoms with E-state index in [9.17, 15) is 9.59 Å². The third-order valence-corrected chi connectivity index (χ3v) is 5.55. The highest BCUT2D eigenvalue weighted by atomic mass is 32.2. The highest BCUT2D eigenvalue weighted by Gasteiger charge is 2.26. The van der Waals surface area contributed by atoms with Crippen molar-refractivity contribution in [2.45, 2.75) is 23.4 Å². The summed E-state index contributed by atoms with van der Waals surface area (Å²) in [6.45, 7) is 3.77. The molecule has 0 aliphatic heterocycles. The number of carbonyl (C=O) groups excluding carboxylic acids is 2. The molecular weight excluding hydrogens is 362 g/mol. The lowest BCUT2D eigenvalue weighted by Gasteiger charge is -2.16. The average molecular weight is 381 g/mol. The van der Waals surface area contributed by atoms with Crippen molar-refractivity contribution in [3.8, 4) is 5.75 Å². The number of nitrogens with two attached hydrogens (primary N) is 1. The van der Waals surface area contributed by atoms with Crippen LogP contribution < -0.4 is 21.1 Å². The molecule has 0 radical (unpaired) electrons. The number of rotatable bonds is 7. The van der Waals surface area contributed by atoms with Crippen LogP contribution in [0.2, 0.25) is 0 Å². The molecule has 3 amide bonds. The smallest absolute Gasteiger partial charge is 0.318 e. The lowest BCUT2D eigenvalue weighted by Crippen LogP contribution is -2.42. The molecule has 4 N–H and O–H groups in total. The molecule has 2 aromatic rings. The summed E-state index contributed by atoms with van der Waals surface area (Å²) >= 11 is 2.57. The number of imide groups is 1. The van der Waals surface area contributed by atoms with Crippen LogP contribution in [0.1, 0.15) is 13.8 Å². The zero-order valence-electron chi connectivity index (χ0n) is 14.0. The van der Waals surface area contributed by atoms with Crippen molar-refractivity contribution in [2.75, 3.05) is 12.4 Å². The van der Waals surface area contributed by atoms with Crippen molar-refractivity contribution in [3.05, 3.63) is 24.3 Å². The van der Waals surface area contributed by atoms with E-state index in [4.69, 9.17) is 10.5 Å². The number of carbonyl (C=O) groups is 2. The van der Waals surface area contributed by atoms with Gasteiger partial charge in [-0.1, -0.05) is 36.9 Å². The second kappa shape index (κ2) is 8.67. The van der Waals surface area contributed by atoms with E-state index in [1.165, 1.54) is 23.1 Å². The molecule has 0 saturated heterocycles. The number of nitrogens with one attached hydrogen (secondary N) is 2. The van der Waals surface area contributed by atoms with Gasteiger partial charge in [0.1, 0.15) is 5.75 Å². The van der Waals surface area contributed by atoms with Gasteiger partial charge in [0, 0.05) is 5.69 Å². The Morgan fingerprint density at radius 2 is 1.92 bits per heavy atom. The van der Waals surface area contributed by atoms with E-state index in [1.54, 1.807) is 7.11 Å². The molecule has 0 unspecified atom stereocenters. The zero-order chi connectivity index (χ0) is 18.4. The fourth-order valence-electron chi connectivity index (χ4n) is 1.90. The van der Waals surface area contributed by atoms with Gasteiger partial charge < -0.3 is 15.8 Å². The Morgan fingerprint density at radius 1 is 1.24 bits per heavy atom. The fourth-order valence-corrected chi connectivity index (χ4v) is 3.88. The first-order valence-electron chi connectivity index (χ1n) is 7.40. The van der Waals surface area contributed by atoms with E-state index < -0.39 is 17.2 Å². The number of anilines is 2. The van der Waals surface area contributed by atoms with Crippen LogP contribution >= 0.6 is 23.1 Å². The van der Waals surface area contributed by atoms with Gasteiger partial charge in [0.2, 0.25) is 11.0 Å². The summed E-state index contributed by atoms with van der Waals surface area (Å²) < 4.78 is 5.73. The summed E-state index contributed by atoms with van der Waals surface area (Å²) in [6, 6.07) is 6.54. The van der Waals surface area contributed by atoms with Crippen LogP contribution in [0.15, 0.2) is 28.6 Å². The van der Waals surface area contributed by atoms with Crippen molar-refractivity contribution in [1.82, 2.24) is 15.5 Å². The van der Waals surface area contributed by atoms with Crippen molar-refractivity contribution in [3.63, 3.8) is 0 Å². The number of hydrogen-bond donors (Lipinski definition) is 3. The quantitative estimate of drug-likeness (QED) is 0.631. The van der Waals surface area contributed by atoms with E-state index >= 15 is 0 Å². The molecule has 1 aromatic carbocycles. The Morgan fingerprint density at radius 3 is 2.48 bits per heavy atom. The number of nitrogens with zero attached hydrogens (tertiary/aromatic N) is 2. The third-order valence-electron chi connectivity index (χ3n) is 3.09. The molecule has 134 valence electrons. The van der Waals surface area contributed by atoms with Gasteiger partial charge in [-0.15, -0.1) is 10.2 Å². The monoisotopic (exact) mass is 381 g/mol. The van der Waals surface area contributed by atoms with Gasteiger partial charge >= 0.3 is 6.03 Å². The van der Waals surface area contributed by atoms with E-state index in [-0.39, 0.29) is 5.92 Å². The summed E-state index contributed by atoms with van der Waals surface area (Å²) in [7, 11) is 1.61. The molecule has 1 heterocycles. The molecule has 2 rings (SSSR count). The van der Waals surface area contributed by atoms with Crippen LogP contribution in [0.5, 0.6) is 5.75 Å². The molecule has 1 aromatic heterocycles. The van der Waals surface area contributed by atoms with Gasteiger partial charge in [-0.3, -0.25) is 10.1 Å². The Labute approximate surface area is 153 Å². The second-order valence-electron chi connectivity index (χ2n) is 5.36. The Balaban J connectivity index is 2.03. The maximum atomic E-state index is 12.1. The standard InChI is InChI=1S/C15H19N5O3S2/c1-8(2)11(12(21)18-13(16)22)24-15-20-19-14(25-15)17-9-4-6-10(23-3)7-5-9/h4-8,11H,1-3H3,(H,17,19)(H3,16,18,21,22)/t11-/m1/s1. The predicted octanol–water partition coefficient (Wildman–Crippen LogP) is 2.60. The number of primary amides is 1. The predicted molar refractivity (Wildman–Crippen MR) is 98.4 cm³/mol. The summed E-state index contributed by atoms with van der Waals surface area (Å²) in [6.07, 6.45) is 0. The number of thioether (sulfide) groups is 1. The number of ether oxygens (including phenoxy) is 1. The van der Waals surface area contributed by atoms with Gasteiger partial charge in [0.25, 0.3) is 0 Å². The zero-order valence-corrected chi connectivity index (χ0v) is 15.6. The maximum absolute atomic E-state index is 12.1. The maximum Gasteiger partial charge on any atom is 0.318 e. The fraction of sp³-hybridized carbons (Fsp3) is 0.333. The molecule has 10 heteroatoms. The van der Waals surface area contributed by atoms with Crippen molar-refractivity contribution >= 4 is 45.9 Å². The Kier molecular flexibility index (Phi) is 6.59. The van der Waals surface area contributed by atoms with Crippen LogP contribution in [0, 0.1) is 5.92 Å². The van der Waals surface area contributed by atoms with E-state index in [1.807, 2.05) is 38.1 Å². The average Bonchev–Trinajstić information content (AvgIpc) is 2.99.